The van der Waals surface area contributed by atoms with Crippen LogP contribution in [-0.4, -0.2) is 6.18 Å². The first kappa shape index (κ1) is 17.1. The predicted octanol–water partition coefficient (Wildman–Crippen LogP) is 6.01. The van der Waals surface area contributed by atoms with Crippen LogP contribution in [0.4, 0.5) is 18.9 Å². The number of halogens is 3. The lowest BCUT2D eigenvalue weighted by atomic mass is 9.81. The maximum Gasteiger partial charge on any atom is 0.426 e. The maximum absolute atomic E-state index is 14.7. The summed E-state index contributed by atoms with van der Waals surface area (Å²) in [6, 6.07) is 21.8. The number of anilines is 1. The van der Waals surface area contributed by atoms with Crippen LogP contribution in [0, 0.1) is 0 Å². The molecule has 3 aromatic rings. The van der Waals surface area contributed by atoms with Crippen molar-refractivity contribution < 1.29 is 17.9 Å². The van der Waals surface area contributed by atoms with Crippen LogP contribution < -0.4 is 4.90 Å². The number of nitrogens with zero attached hydrogens (tertiary/aromatic N) is 1. The third-order valence-electron chi connectivity index (χ3n) is 5.36. The first-order valence-corrected chi connectivity index (χ1v) is 8.97. The summed E-state index contributed by atoms with van der Waals surface area (Å²) in [6.07, 6.45) is -1.84. The summed E-state index contributed by atoms with van der Waals surface area (Å²) < 4.78 is 50.2. The molecular weight excluding hydrogens is 363 g/mol. The number of benzene rings is 3. The highest BCUT2D eigenvalue weighted by Gasteiger charge is 2.63. The van der Waals surface area contributed by atoms with Crippen molar-refractivity contribution in [1.29, 1.82) is 0 Å². The fourth-order valence-electron chi connectivity index (χ4n) is 4.11. The van der Waals surface area contributed by atoms with E-state index in [1.165, 1.54) is 18.2 Å². The highest BCUT2D eigenvalue weighted by molar-refractivity contribution is 5.71. The van der Waals surface area contributed by atoms with E-state index in [9.17, 15) is 13.2 Å². The summed E-state index contributed by atoms with van der Waals surface area (Å²) in [5.74, 6) is 0. The Morgan fingerprint density at radius 3 is 2.29 bits per heavy atom. The van der Waals surface area contributed by atoms with Gasteiger partial charge in [0, 0.05) is 17.3 Å². The number of ether oxygens (including phenoxy) is 1. The molecule has 28 heavy (non-hydrogen) atoms. The average Bonchev–Trinajstić information content (AvgIpc) is 2.72. The van der Waals surface area contributed by atoms with Gasteiger partial charge in [0.2, 0.25) is 5.60 Å². The molecule has 0 N–H and O–H groups in total. The van der Waals surface area contributed by atoms with Crippen molar-refractivity contribution in [2.24, 2.45) is 0 Å². The van der Waals surface area contributed by atoms with E-state index in [-0.39, 0.29) is 11.1 Å². The standard InChI is InChI=1S/C23H16F3NO/c24-23(25,26)22(17-9-2-1-3-10-17)19-12-6-7-13-20(19)27-15-14-16-8-4-5-11-18(16)21(27)28-22/h1-15,21H. The molecule has 0 saturated carbocycles. The van der Waals surface area contributed by atoms with Crippen LogP contribution >= 0.6 is 0 Å². The van der Waals surface area contributed by atoms with Gasteiger partial charge in [0.25, 0.3) is 0 Å². The Balaban J connectivity index is 1.83. The van der Waals surface area contributed by atoms with Gasteiger partial charge in [0.1, 0.15) is 0 Å². The van der Waals surface area contributed by atoms with E-state index in [1.807, 2.05) is 30.3 Å². The summed E-state index contributed by atoms with van der Waals surface area (Å²) in [4.78, 5) is 1.77. The smallest absolute Gasteiger partial charge is 0.328 e. The zero-order valence-electron chi connectivity index (χ0n) is 14.7. The van der Waals surface area contributed by atoms with E-state index >= 15 is 0 Å². The Morgan fingerprint density at radius 1 is 0.821 bits per heavy atom. The Morgan fingerprint density at radius 2 is 1.50 bits per heavy atom. The third kappa shape index (κ3) is 2.26. The lowest BCUT2D eigenvalue weighted by molar-refractivity contribution is -0.284. The second kappa shape index (κ2) is 5.97. The number of rotatable bonds is 1. The number of hydrogen-bond acceptors (Lipinski definition) is 2. The number of hydrogen-bond donors (Lipinski definition) is 0. The van der Waals surface area contributed by atoms with Crippen molar-refractivity contribution in [3.63, 3.8) is 0 Å². The fourth-order valence-corrected chi connectivity index (χ4v) is 4.11. The summed E-state index contributed by atoms with van der Waals surface area (Å²) in [5, 5.41) is 0. The van der Waals surface area contributed by atoms with Gasteiger partial charge in [0.15, 0.2) is 6.23 Å². The Kier molecular flexibility index (Phi) is 3.64. The van der Waals surface area contributed by atoms with E-state index in [0.717, 1.165) is 5.56 Å². The zero-order valence-corrected chi connectivity index (χ0v) is 14.7. The molecule has 5 rings (SSSR count). The quantitative estimate of drug-likeness (QED) is 0.513. The van der Waals surface area contributed by atoms with Crippen LogP contribution in [-0.2, 0) is 10.3 Å². The molecule has 2 aliphatic rings. The number of para-hydroxylation sites is 1. The largest absolute Gasteiger partial charge is 0.426 e. The van der Waals surface area contributed by atoms with E-state index in [4.69, 9.17) is 4.74 Å². The molecule has 0 radical (unpaired) electrons. The highest BCUT2D eigenvalue weighted by atomic mass is 19.4. The Hall–Kier alpha value is -3.05. The van der Waals surface area contributed by atoms with Gasteiger partial charge in [-0.15, -0.1) is 0 Å². The lowest BCUT2D eigenvalue weighted by Gasteiger charge is -2.49. The second-order valence-corrected chi connectivity index (χ2v) is 6.88. The van der Waals surface area contributed by atoms with E-state index in [0.29, 0.717) is 11.3 Å². The number of fused-ring (bicyclic) bond motifs is 5. The first-order chi connectivity index (χ1) is 13.5. The van der Waals surface area contributed by atoms with Crippen molar-refractivity contribution in [1.82, 2.24) is 0 Å². The van der Waals surface area contributed by atoms with Crippen molar-refractivity contribution in [3.05, 3.63) is 107 Å². The van der Waals surface area contributed by atoms with Gasteiger partial charge in [-0.2, -0.15) is 13.2 Å². The Labute approximate surface area is 160 Å². The van der Waals surface area contributed by atoms with Crippen molar-refractivity contribution >= 4 is 11.8 Å². The molecule has 3 aromatic carbocycles. The topological polar surface area (TPSA) is 12.5 Å². The van der Waals surface area contributed by atoms with Gasteiger partial charge in [-0.3, -0.25) is 0 Å². The van der Waals surface area contributed by atoms with Gasteiger partial charge in [-0.25, -0.2) is 0 Å². The molecule has 0 aliphatic carbocycles. The molecule has 2 unspecified atom stereocenters. The molecule has 0 spiro atoms. The van der Waals surface area contributed by atoms with Gasteiger partial charge >= 0.3 is 6.18 Å². The SMILES string of the molecule is FC(F)(F)C1(c2ccccc2)OC2c3ccccc3C=CN2c2ccccc21. The molecule has 0 amide bonds. The zero-order chi connectivity index (χ0) is 19.4. The molecule has 0 saturated heterocycles. The maximum atomic E-state index is 14.7. The summed E-state index contributed by atoms with van der Waals surface area (Å²) in [6.45, 7) is 0. The van der Waals surface area contributed by atoms with E-state index < -0.39 is 18.0 Å². The van der Waals surface area contributed by atoms with Crippen molar-refractivity contribution in [3.8, 4) is 0 Å². The third-order valence-corrected chi connectivity index (χ3v) is 5.36. The lowest BCUT2D eigenvalue weighted by Crippen LogP contribution is -2.52. The van der Waals surface area contributed by atoms with E-state index in [1.54, 1.807) is 47.5 Å². The fraction of sp³-hybridized carbons (Fsp3) is 0.130. The van der Waals surface area contributed by atoms with Gasteiger partial charge in [-0.05, 0) is 23.3 Å². The van der Waals surface area contributed by atoms with Gasteiger partial charge in [0.05, 0.1) is 5.69 Å². The minimum absolute atomic E-state index is 0.0710. The van der Waals surface area contributed by atoms with Crippen LogP contribution in [0.15, 0.2) is 85.1 Å². The van der Waals surface area contributed by atoms with Crippen molar-refractivity contribution in [2.45, 2.75) is 18.0 Å². The number of alkyl halides is 3. The highest BCUT2D eigenvalue weighted by Crippen LogP contribution is 2.57. The summed E-state index contributed by atoms with van der Waals surface area (Å²) >= 11 is 0. The molecule has 2 nitrogen and oxygen atoms in total. The van der Waals surface area contributed by atoms with Crippen LogP contribution in [0.5, 0.6) is 0 Å². The molecule has 2 aliphatic heterocycles. The normalized spacial score (nSPS) is 23.0. The molecular formula is C23H16F3NO. The Bertz CT molecular complexity index is 1060. The summed E-state index contributed by atoms with van der Waals surface area (Å²) in [5.41, 5.74) is -0.331. The van der Waals surface area contributed by atoms with Crippen LogP contribution in [0.25, 0.3) is 6.08 Å². The molecule has 0 bridgehead atoms. The van der Waals surface area contributed by atoms with Crippen molar-refractivity contribution in [2.75, 3.05) is 4.90 Å². The van der Waals surface area contributed by atoms with Crippen LogP contribution in [0.1, 0.15) is 28.5 Å². The van der Waals surface area contributed by atoms with Gasteiger partial charge < -0.3 is 9.64 Å². The molecule has 0 fully saturated rings. The molecule has 2 heterocycles. The molecule has 0 aromatic heterocycles. The second-order valence-electron chi connectivity index (χ2n) is 6.88. The van der Waals surface area contributed by atoms with Crippen LogP contribution in [0.2, 0.25) is 0 Å². The first-order valence-electron chi connectivity index (χ1n) is 8.97. The monoisotopic (exact) mass is 379 g/mol. The minimum Gasteiger partial charge on any atom is -0.328 e. The van der Waals surface area contributed by atoms with Crippen LogP contribution in [0.3, 0.4) is 0 Å². The van der Waals surface area contributed by atoms with Gasteiger partial charge in [-0.1, -0.05) is 72.8 Å². The molecule has 140 valence electrons. The van der Waals surface area contributed by atoms with E-state index in [2.05, 4.69) is 0 Å². The molecule has 2 atom stereocenters. The minimum atomic E-state index is -4.65. The summed E-state index contributed by atoms with van der Waals surface area (Å²) in [7, 11) is 0. The predicted molar refractivity (Wildman–Crippen MR) is 102 cm³/mol. The molecule has 5 heteroatoms. The average molecular weight is 379 g/mol.